The van der Waals surface area contributed by atoms with Crippen molar-refractivity contribution in [2.24, 2.45) is 5.92 Å². The Morgan fingerprint density at radius 2 is 2.14 bits per heavy atom. The monoisotopic (exact) mass is 386 g/mol. The van der Waals surface area contributed by atoms with E-state index in [4.69, 9.17) is 0 Å². The van der Waals surface area contributed by atoms with E-state index in [2.05, 4.69) is 31.9 Å². The number of sulfonamides is 1. The molecule has 2 heterocycles. The summed E-state index contributed by atoms with van der Waals surface area (Å²) in [6.07, 6.45) is 4.71. The van der Waals surface area contributed by atoms with Gasteiger partial charge in [0.15, 0.2) is 0 Å². The zero-order chi connectivity index (χ0) is 16.3. The fraction of sp³-hybridized carbons (Fsp3) is 0.571. The third-order valence-corrected chi connectivity index (χ3v) is 5.66. The van der Waals surface area contributed by atoms with Crippen molar-refractivity contribution in [3.63, 3.8) is 0 Å². The molecule has 0 radical (unpaired) electrons. The summed E-state index contributed by atoms with van der Waals surface area (Å²) < 4.78 is 25.1. The molecule has 0 aromatic carbocycles. The topological polar surface area (TPSA) is 77.3 Å². The van der Waals surface area contributed by atoms with Crippen molar-refractivity contribution < 1.29 is 8.42 Å². The van der Waals surface area contributed by atoms with Crippen molar-refractivity contribution in [2.45, 2.75) is 12.8 Å². The second kappa shape index (κ2) is 6.94. The summed E-state index contributed by atoms with van der Waals surface area (Å²) in [6.45, 7) is 2.11. The standard InChI is InChI=1S/C14H19BrN4O2S/c1-18(22(2,20)21)10-11-3-5-19(6-4-11)14-12(8-16)7-13(15)9-17-14/h7,9,11H,3-6,10H2,1-2H3. The summed E-state index contributed by atoms with van der Waals surface area (Å²) in [5.41, 5.74) is 0.557. The Hall–Kier alpha value is -1.17. The summed E-state index contributed by atoms with van der Waals surface area (Å²) in [7, 11) is -1.51. The number of rotatable bonds is 4. The van der Waals surface area contributed by atoms with Crippen molar-refractivity contribution in [3.05, 3.63) is 22.3 Å². The third kappa shape index (κ3) is 4.18. The van der Waals surface area contributed by atoms with E-state index in [9.17, 15) is 13.7 Å². The maximum atomic E-state index is 11.5. The molecule has 6 nitrogen and oxygen atoms in total. The summed E-state index contributed by atoms with van der Waals surface area (Å²) in [5, 5.41) is 9.22. The van der Waals surface area contributed by atoms with E-state index >= 15 is 0 Å². The van der Waals surface area contributed by atoms with Crippen LogP contribution >= 0.6 is 15.9 Å². The number of nitrogens with zero attached hydrogens (tertiary/aromatic N) is 4. The zero-order valence-corrected chi connectivity index (χ0v) is 15.1. The molecule has 0 aliphatic carbocycles. The Morgan fingerprint density at radius 3 is 2.68 bits per heavy atom. The van der Waals surface area contributed by atoms with E-state index in [1.165, 1.54) is 10.6 Å². The Bertz CT molecular complexity index is 679. The van der Waals surface area contributed by atoms with E-state index in [1.54, 1.807) is 19.3 Å². The van der Waals surface area contributed by atoms with Crippen LogP contribution < -0.4 is 4.90 Å². The zero-order valence-electron chi connectivity index (χ0n) is 12.7. The van der Waals surface area contributed by atoms with Crippen LogP contribution in [-0.2, 0) is 10.0 Å². The predicted molar refractivity (Wildman–Crippen MR) is 89.1 cm³/mol. The van der Waals surface area contributed by atoms with Gasteiger partial charge in [0.1, 0.15) is 11.9 Å². The number of hydrogen-bond donors (Lipinski definition) is 0. The number of piperidine rings is 1. The van der Waals surface area contributed by atoms with Crippen LogP contribution in [0, 0.1) is 17.2 Å². The van der Waals surface area contributed by atoms with Gasteiger partial charge in [0.05, 0.1) is 11.8 Å². The van der Waals surface area contributed by atoms with Gasteiger partial charge in [0.25, 0.3) is 0 Å². The highest BCUT2D eigenvalue weighted by Gasteiger charge is 2.25. The molecule has 8 heteroatoms. The van der Waals surface area contributed by atoms with Crippen molar-refractivity contribution in [2.75, 3.05) is 37.8 Å². The number of pyridine rings is 1. The average molecular weight is 387 g/mol. The molecular formula is C14H19BrN4O2S. The Morgan fingerprint density at radius 1 is 1.50 bits per heavy atom. The number of hydrogen-bond acceptors (Lipinski definition) is 5. The molecular weight excluding hydrogens is 368 g/mol. The number of aromatic nitrogens is 1. The molecule has 1 aromatic rings. The van der Waals surface area contributed by atoms with Crippen LogP contribution in [0.25, 0.3) is 0 Å². The van der Waals surface area contributed by atoms with Gasteiger partial charge >= 0.3 is 0 Å². The largest absolute Gasteiger partial charge is 0.356 e. The average Bonchev–Trinajstić information content (AvgIpc) is 2.47. The van der Waals surface area contributed by atoms with Crippen LogP contribution in [0.1, 0.15) is 18.4 Å². The first-order chi connectivity index (χ1) is 10.3. The maximum Gasteiger partial charge on any atom is 0.210 e. The smallest absolute Gasteiger partial charge is 0.210 e. The van der Waals surface area contributed by atoms with Crippen molar-refractivity contribution in [1.82, 2.24) is 9.29 Å². The normalized spacial score (nSPS) is 16.8. The molecule has 0 saturated carbocycles. The molecule has 1 saturated heterocycles. The van der Waals surface area contributed by atoms with Gasteiger partial charge in [-0.15, -0.1) is 0 Å². The number of nitriles is 1. The minimum absolute atomic E-state index is 0.344. The lowest BCUT2D eigenvalue weighted by atomic mass is 9.96. The summed E-state index contributed by atoms with van der Waals surface area (Å²) in [4.78, 5) is 6.45. The second-order valence-corrected chi connectivity index (χ2v) is 8.62. The van der Waals surface area contributed by atoms with Crippen LogP contribution in [0.5, 0.6) is 0 Å². The quantitative estimate of drug-likeness (QED) is 0.788. The molecule has 0 amide bonds. The lowest BCUT2D eigenvalue weighted by Crippen LogP contribution is -2.39. The van der Waals surface area contributed by atoms with E-state index in [0.717, 1.165) is 30.4 Å². The van der Waals surface area contributed by atoms with E-state index in [-0.39, 0.29) is 0 Å². The van der Waals surface area contributed by atoms with Gasteiger partial charge in [-0.1, -0.05) is 0 Å². The van der Waals surface area contributed by atoms with Crippen LogP contribution in [0.15, 0.2) is 16.7 Å². The van der Waals surface area contributed by atoms with Crippen LogP contribution in [0.3, 0.4) is 0 Å². The van der Waals surface area contributed by atoms with Gasteiger partial charge in [0.2, 0.25) is 10.0 Å². The van der Waals surface area contributed by atoms with Crippen molar-refractivity contribution in [3.8, 4) is 6.07 Å². The minimum atomic E-state index is -3.12. The van der Waals surface area contributed by atoms with Crippen molar-refractivity contribution >= 4 is 31.8 Å². The van der Waals surface area contributed by atoms with Crippen LogP contribution in [0.2, 0.25) is 0 Å². The molecule has 0 atom stereocenters. The van der Waals surface area contributed by atoms with Gasteiger partial charge in [0, 0.05) is 37.4 Å². The Balaban J connectivity index is 2.00. The van der Waals surface area contributed by atoms with Gasteiger partial charge in [-0.05, 0) is 40.8 Å². The highest BCUT2D eigenvalue weighted by Crippen LogP contribution is 2.26. The molecule has 1 fully saturated rings. The molecule has 0 N–H and O–H groups in total. The lowest BCUT2D eigenvalue weighted by Gasteiger charge is -2.34. The minimum Gasteiger partial charge on any atom is -0.356 e. The van der Waals surface area contributed by atoms with E-state index in [1.807, 2.05) is 0 Å². The molecule has 0 unspecified atom stereocenters. The Labute approximate surface area is 139 Å². The van der Waals surface area contributed by atoms with Gasteiger partial charge < -0.3 is 4.90 Å². The third-order valence-electron chi connectivity index (χ3n) is 3.95. The number of halogens is 1. The molecule has 1 aromatic heterocycles. The fourth-order valence-electron chi connectivity index (χ4n) is 2.59. The summed E-state index contributed by atoms with van der Waals surface area (Å²) in [5.74, 6) is 1.05. The summed E-state index contributed by atoms with van der Waals surface area (Å²) >= 11 is 3.32. The molecule has 1 aliphatic rings. The van der Waals surface area contributed by atoms with E-state index in [0.29, 0.717) is 23.8 Å². The second-order valence-electron chi connectivity index (χ2n) is 5.61. The van der Waals surface area contributed by atoms with Gasteiger partial charge in [-0.3, -0.25) is 0 Å². The van der Waals surface area contributed by atoms with Crippen molar-refractivity contribution in [1.29, 1.82) is 5.26 Å². The lowest BCUT2D eigenvalue weighted by molar-refractivity contribution is 0.328. The van der Waals surface area contributed by atoms with E-state index < -0.39 is 10.0 Å². The SMILES string of the molecule is CN(CC1CCN(c2ncc(Br)cc2C#N)CC1)S(C)(=O)=O. The molecule has 22 heavy (non-hydrogen) atoms. The first kappa shape index (κ1) is 17.2. The van der Waals surface area contributed by atoms with Gasteiger partial charge in [-0.25, -0.2) is 17.7 Å². The molecule has 0 spiro atoms. The maximum absolute atomic E-state index is 11.5. The first-order valence-electron chi connectivity index (χ1n) is 7.03. The Kier molecular flexibility index (Phi) is 5.42. The van der Waals surface area contributed by atoms with Crippen LogP contribution in [0.4, 0.5) is 5.82 Å². The highest BCUT2D eigenvalue weighted by atomic mass is 79.9. The van der Waals surface area contributed by atoms with Gasteiger partial charge in [-0.2, -0.15) is 5.26 Å². The highest BCUT2D eigenvalue weighted by molar-refractivity contribution is 9.10. The first-order valence-corrected chi connectivity index (χ1v) is 9.67. The predicted octanol–water partition coefficient (Wildman–Crippen LogP) is 1.82. The molecule has 2 rings (SSSR count). The molecule has 0 bridgehead atoms. The van der Waals surface area contributed by atoms with Crippen LogP contribution in [-0.4, -0.2) is 50.6 Å². The summed E-state index contributed by atoms with van der Waals surface area (Å²) in [6, 6.07) is 3.95. The fourth-order valence-corrected chi connectivity index (χ4v) is 3.41. The molecule has 120 valence electrons. The number of anilines is 1. The molecule has 1 aliphatic heterocycles.